The molecule has 0 amide bonds. The lowest BCUT2D eigenvalue weighted by atomic mass is 10.2. The van der Waals surface area contributed by atoms with E-state index in [4.69, 9.17) is 0 Å². The molecule has 7 nitrogen and oxygen atoms in total. The van der Waals surface area contributed by atoms with E-state index in [2.05, 4.69) is 13.7 Å². The van der Waals surface area contributed by atoms with Crippen molar-refractivity contribution >= 4 is 22.1 Å². The fourth-order valence-electron chi connectivity index (χ4n) is 1.01. The Bertz CT molecular complexity index is 374. The first kappa shape index (κ1) is 16.9. The number of hydrogen-bond donors (Lipinski definition) is 0. The van der Waals surface area contributed by atoms with Crippen LogP contribution in [-0.2, 0) is 33.4 Å². The second-order valence-electron chi connectivity index (χ2n) is 3.19. The Labute approximate surface area is 107 Å². The zero-order valence-corrected chi connectivity index (χ0v) is 11.5. The van der Waals surface area contributed by atoms with Crippen molar-refractivity contribution in [3.8, 4) is 0 Å². The predicted octanol–water partition coefficient (Wildman–Crippen LogP) is 0.238. The molecule has 0 radical (unpaired) electrons. The lowest BCUT2D eigenvalue weighted by molar-refractivity contribution is -0.157. The van der Waals surface area contributed by atoms with Gasteiger partial charge in [0.05, 0.1) is 25.4 Å². The van der Waals surface area contributed by atoms with Crippen molar-refractivity contribution in [2.75, 3.05) is 19.0 Å². The molecule has 0 aromatic carbocycles. The van der Waals surface area contributed by atoms with E-state index in [-0.39, 0.29) is 19.0 Å². The van der Waals surface area contributed by atoms with Gasteiger partial charge in [-0.3, -0.25) is 8.98 Å². The number of ether oxygens (including phenoxy) is 2. The summed E-state index contributed by atoms with van der Waals surface area (Å²) in [4.78, 5) is 22.7. The molecule has 0 aliphatic carbocycles. The average molecular weight is 282 g/mol. The molecule has 1 unspecified atom stereocenters. The van der Waals surface area contributed by atoms with Crippen molar-refractivity contribution < 1.29 is 31.7 Å². The number of esters is 2. The van der Waals surface area contributed by atoms with Gasteiger partial charge in [-0.05, 0) is 20.8 Å². The summed E-state index contributed by atoms with van der Waals surface area (Å²) in [5, 5.41) is 0. The lowest BCUT2D eigenvalue weighted by Crippen LogP contribution is -2.32. The molecule has 0 bridgehead atoms. The third-order valence-electron chi connectivity index (χ3n) is 1.82. The molecule has 18 heavy (non-hydrogen) atoms. The van der Waals surface area contributed by atoms with Crippen molar-refractivity contribution in [3.05, 3.63) is 0 Å². The zero-order chi connectivity index (χ0) is 14.2. The molecule has 0 aliphatic rings. The molecule has 106 valence electrons. The van der Waals surface area contributed by atoms with Gasteiger partial charge in [0.25, 0.3) is 10.1 Å². The molecule has 0 saturated carbocycles. The Hall–Kier alpha value is -1.15. The van der Waals surface area contributed by atoms with Crippen LogP contribution in [0.4, 0.5) is 0 Å². The molecular weight excluding hydrogens is 264 g/mol. The van der Waals surface area contributed by atoms with Gasteiger partial charge in [-0.15, -0.1) is 0 Å². The Morgan fingerprint density at radius 2 is 1.61 bits per heavy atom. The summed E-state index contributed by atoms with van der Waals surface area (Å²) in [6.45, 7) is 4.72. The molecule has 0 N–H and O–H groups in total. The molecule has 0 heterocycles. The van der Waals surface area contributed by atoms with E-state index in [0.717, 1.165) is 0 Å². The summed E-state index contributed by atoms with van der Waals surface area (Å²) < 4.78 is 36.4. The van der Waals surface area contributed by atoms with Gasteiger partial charge in [0, 0.05) is 0 Å². The number of carbonyl (C=O) groups excluding carboxylic acids is 2. The minimum atomic E-state index is -3.85. The van der Waals surface area contributed by atoms with Gasteiger partial charge in [0.1, 0.15) is 0 Å². The Morgan fingerprint density at radius 1 is 1.06 bits per heavy atom. The van der Waals surface area contributed by atoms with Gasteiger partial charge >= 0.3 is 11.9 Å². The van der Waals surface area contributed by atoms with Gasteiger partial charge in [-0.2, -0.15) is 8.42 Å². The molecular formula is C10H18O7S. The first-order valence-electron chi connectivity index (χ1n) is 5.59. The first-order valence-corrected chi connectivity index (χ1v) is 7.17. The van der Waals surface area contributed by atoms with Gasteiger partial charge in [0.15, 0.2) is 6.10 Å². The number of rotatable bonds is 8. The molecule has 0 fully saturated rings. The van der Waals surface area contributed by atoms with Crippen LogP contribution in [0.25, 0.3) is 0 Å². The predicted molar refractivity (Wildman–Crippen MR) is 62.2 cm³/mol. The molecule has 1 atom stereocenters. The summed E-state index contributed by atoms with van der Waals surface area (Å²) in [6, 6.07) is 0. The lowest BCUT2D eigenvalue weighted by Gasteiger charge is -2.14. The fraction of sp³-hybridized carbons (Fsp3) is 0.800. The third kappa shape index (κ3) is 6.55. The van der Waals surface area contributed by atoms with E-state index in [1.165, 1.54) is 6.92 Å². The monoisotopic (exact) mass is 282 g/mol. The number of carbonyl (C=O) groups is 2. The maximum Gasteiger partial charge on any atom is 0.337 e. The van der Waals surface area contributed by atoms with Crippen LogP contribution in [0.5, 0.6) is 0 Å². The minimum Gasteiger partial charge on any atom is -0.466 e. The van der Waals surface area contributed by atoms with Crippen LogP contribution >= 0.6 is 0 Å². The summed E-state index contributed by atoms with van der Waals surface area (Å²) in [6.07, 6.45) is -1.99. The highest BCUT2D eigenvalue weighted by molar-refractivity contribution is 7.86. The normalized spacial score (nSPS) is 12.8. The van der Waals surface area contributed by atoms with E-state index in [0.29, 0.717) is 0 Å². The van der Waals surface area contributed by atoms with E-state index in [9.17, 15) is 18.0 Å². The van der Waals surface area contributed by atoms with Crippen molar-refractivity contribution in [2.45, 2.75) is 33.3 Å². The highest BCUT2D eigenvalue weighted by Crippen LogP contribution is 2.08. The minimum absolute atomic E-state index is 0.0632. The average Bonchev–Trinajstić information content (AvgIpc) is 2.28. The maximum absolute atomic E-state index is 11.5. The molecule has 8 heteroatoms. The molecule has 0 aliphatic heterocycles. The van der Waals surface area contributed by atoms with Crippen LogP contribution in [0.15, 0.2) is 0 Å². The standard InChI is InChI=1S/C10H18O7S/c1-4-15-9(11)7-8(10(12)16-5-2)17-18(13,14)6-3/h8H,4-7H2,1-3H3. The highest BCUT2D eigenvalue weighted by Gasteiger charge is 2.29. The van der Waals surface area contributed by atoms with Crippen LogP contribution in [0.2, 0.25) is 0 Å². The van der Waals surface area contributed by atoms with Gasteiger partial charge < -0.3 is 9.47 Å². The smallest absolute Gasteiger partial charge is 0.337 e. The SMILES string of the molecule is CCOC(=O)CC(OS(=O)(=O)CC)C(=O)OCC. The first-order chi connectivity index (χ1) is 8.36. The molecule has 0 aromatic heterocycles. The molecule has 0 spiro atoms. The second-order valence-corrected chi connectivity index (χ2v) is 5.08. The topological polar surface area (TPSA) is 96.0 Å². The third-order valence-corrected chi connectivity index (χ3v) is 3.06. The summed E-state index contributed by atoms with van der Waals surface area (Å²) in [5.74, 6) is -1.92. The van der Waals surface area contributed by atoms with E-state index in [1.807, 2.05) is 0 Å². The van der Waals surface area contributed by atoms with E-state index >= 15 is 0 Å². The Morgan fingerprint density at radius 3 is 2.06 bits per heavy atom. The Kier molecular flexibility index (Phi) is 7.53. The van der Waals surface area contributed by atoms with Gasteiger partial charge in [-0.1, -0.05) is 0 Å². The highest BCUT2D eigenvalue weighted by atomic mass is 32.2. The van der Waals surface area contributed by atoms with Crippen LogP contribution in [0.3, 0.4) is 0 Å². The van der Waals surface area contributed by atoms with Crippen LogP contribution in [0, 0.1) is 0 Å². The van der Waals surface area contributed by atoms with Crippen LogP contribution in [-0.4, -0.2) is 45.4 Å². The van der Waals surface area contributed by atoms with E-state index < -0.39 is 34.6 Å². The van der Waals surface area contributed by atoms with Crippen molar-refractivity contribution in [1.29, 1.82) is 0 Å². The summed E-state index contributed by atoms with van der Waals surface area (Å²) in [7, 11) is -3.85. The van der Waals surface area contributed by atoms with Crippen molar-refractivity contribution in [3.63, 3.8) is 0 Å². The van der Waals surface area contributed by atoms with E-state index in [1.54, 1.807) is 13.8 Å². The molecule has 0 rings (SSSR count). The van der Waals surface area contributed by atoms with Gasteiger partial charge in [-0.25, -0.2) is 4.79 Å². The number of hydrogen-bond acceptors (Lipinski definition) is 7. The summed E-state index contributed by atoms with van der Waals surface area (Å²) in [5.41, 5.74) is 0. The van der Waals surface area contributed by atoms with Crippen LogP contribution in [0.1, 0.15) is 27.2 Å². The quantitative estimate of drug-likeness (QED) is 0.464. The van der Waals surface area contributed by atoms with Crippen molar-refractivity contribution in [2.24, 2.45) is 0 Å². The molecule has 0 aromatic rings. The summed E-state index contributed by atoms with van der Waals surface area (Å²) >= 11 is 0. The fourth-order valence-corrected chi connectivity index (χ4v) is 1.64. The molecule has 0 saturated heterocycles. The largest absolute Gasteiger partial charge is 0.466 e. The second kappa shape index (κ2) is 8.04. The Balaban J connectivity index is 4.72. The van der Waals surface area contributed by atoms with Crippen LogP contribution < -0.4 is 0 Å². The van der Waals surface area contributed by atoms with Gasteiger partial charge in [0.2, 0.25) is 0 Å². The zero-order valence-electron chi connectivity index (χ0n) is 10.7. The van der Waals surface area contributed by atoms with Crippen molar-refractivity contribution in [1.82, 2.24) is 0 Å². The maximum atomic E-state index is 11.5.